The van der Waals surface area contributed by atoms with Crippen LogP contribution in [0, 0.1) is 0 Å². The summed E-state index contributed by atoms with van der Waals surface area (Å²) < 4.78 is 0. The lowest BCUT2D eigenvalue weighted by Crippen LogP contribution is -2.26. The van der Waals surface area contributed by atoms with E-state index < -0.39 is 6.10 Å². The molecule has 3 nitrogen and oxygen atoms in total. The van der Waals surface area contributed by atoms with Crippen molar-refractivity contribution < 1.29 is 9.90 Å². The zero-order chi connectivity index (χ0) is 7.84. The van der Waals surface area contributed by atoms with Crippen molar-refractivity contribution in [3.8, 4) is 0 Å². The van der Waals surface area contributed by atoms with Gasteiger partial charge in [0.05, 0.1) is 0 Å². The Kier molecular flexibility index (Phi) is 1.32. The first-order chi connectivity index (χ1) is 5.29. The topological polar surface area (TPSA) is 53.1 Å². The van der Waals surface area contributed by atoms with E-state index in [2.05, 4.69) is 4.98 Å². The second-order valence-electron chi connectivity index (χ2n) is 2.79. The van der Waals surface area contributed by atoms with Crippen LogP contribution in [0.3, 0.4) is 0 Å². The fraction of sp³-hybridized carbons (Fsp3) is 0.375. The first kappa shape index (κ1) is 6.61. The largest absolute Gasteiger partial charge is 0.385 e. The minimum Gasteiger partial charge on any atom is -0.385 e. The molecule has 0 fully saturated rings. The molecular formula is C8H9NO2. The molecule has 0 spiro atoms. The number of aromatic nitrogens is 1. The third-order valence-corrected chi connectivity index (χ3v) is 2.07. The summed E-state index contributed by atoms with van der Waals surface area (Å²) in [6, 6.07) is 1.72. The van der Waals surface area contributed by atoms with E-state index in [0.717, 1.165) is 12.1 Å². The molecular weight excluding hydrogens is 142 g/mol. The van der Waals surface area contributed by atoms with Crippen molar-refractivity contribution in [2.75, 3.05) is 0 Å². The van der Waals surface area contributed by atoms with Gasteiger partial charge in [0.15, 0.2) is 5.78 Å². The number of aromatic amines is 1. The van der Waals surface area contributed by atoms with Gasteiger partial charge in [-0.25, -0.2) is 0 Å². The molecule has 1 heterocycles. The summed E-state index contributed by atoms with van der Waals surface area (Å²) in [6.45, 7) is 0. The maximum Gasteiger partial charge on any atom is 0.193 e. The SMILES string of the molecule is O=C1c2cc[nH]c2CCC1O. The molecule has 3 heteroatoms. The van der Waals surface area contributed by atoms with Gasteiger partial charge in [-0.1, -0.05) is 0 Å². The van der Waals surface area contributed by atoms with E-state index in [9.17, 15) is 9.90 Å². The number of aliphatic hydroxyl groups is 1. The maximum atomic E-state index is 11.2. The third-order valence-electron chi connectivity index (χ3n) is 2.07. The van der Waals surface area contributed by atoms with Gasteiger partial charge in [-0.2, -0.15) is 0 Å². The normalized spacial score (nSPS) is 23.4. The summed E-state index contributed by atoms with van der Waals surface area (Å²) in [6.07, 6.45) is 2.28. The molecule has 2 N–H and O–H groups in total. The zero-order valence-electron chi connectivity index (χ0n) is 6.00. The molecule has 11 heavy (non-hydrogen) atoms. The Morgan fingerprint density at radius 1 is 1.64 bits per heavy atom. The predicted molar refractivity (Wildman–Crippen MR) is 39.5 cm³/mol. The smallest absolute Gasteiger partial charge is 0.193 e. The maximum absolute atomic E-state index is 11.2. The molecule has 0 radical (unpaired) electrons. The molecule has 1 atom stereocenters. The first-order valence-electron chi connectivity index (χ1n) is 3.67. The number of hydrogen-bond acceptors (Lipinski definition) is 2. The molecule has 0 saturated heterocycles. The second kappa shape index (κ2) is 2.20. The van der Waals surface area contributed by atoms with Crippen LogP contribution in [-0.2, 0) is 6.42 Å². The monoisotopic (exact) mass is 151 g/mol. The van der Waals surface area contributed by atoms with E-state index in [4.69, 9.17) is 0 Å². The number of aliphatic hydroxyl groups excluding tert-OH is 1. The first-order valence-corrected chi connectivity index (χ1v) is 3.67. The van der Waals surface area contributed by atoms with Crippen molar-refractivity contribution in [1.82, 2.24) is 4.98 Å². The summed E-state index contributed by atoms with van der Waals surface area (Å²) in [5.74, 6) is -0.146. The second-order valence-corrected chi connectivity index (χ2v) is 2.79. The lowest BCUT2D eigenvalue weighted by atomic mass is 9.94. The standard InChI is InChI=1S/C8H9NO2/c10-7-2-1-6-5(8(7)11)3-4-9-6/h3-4,7,9-10H,1-2H2. The molecule has 0 bridgehead atoms. The Morgan fingerprint density at radius 3 is 3.27 bits per heavy atom. The fourth-order valence-electron chi connectivity index (χ4n) is 1.43. The number of carbonyl (C=O) groups excluding carboxylic acids is 1. The molecule has 1 aliphatic rings. The number of H-pyrrole nitrogens is 1. The van der Waals surface area contributed by atoms with E-state index >= 15 is 0 Å². The molecule has 58 valence electrons. The Hall–Kier alpha value is -1.09. The molecule has 1 aromatic heterocycles. The number of fused-ring (bicyclic) bond motifs is 1. The van der Waals surface area contributed by atoms with Gasteiger partial charge in [-0.3, -0.25) is 4.79 Å². The van der Waals surface area contributed by atoms with Gasteiger partial charge in [0.25, 0.3) is 0 Å². The number of Topliss-reactive ketones (excluding diaryl/α,β-unsaturated/α-hetero) is 1. The molecule has 0 aromatic carbocycles. The molecule has 0 aliphatic heterocycles. The van der Waals surface area contributed by atoms with E-state index in [-0.39, 0.29) is 5.78 Å². The Morgan fingerprint density at radius 2 is 2.45 bits per heavy atom. The zero-order valence-corrected chi connectivity index (χ0v) is 6.00. The van der Waals surface area contributed by atoms with Crippen LogP contribution in [0.5, 0.6) is 0 Å². The van der Waals surface area contributed by atoms with Crippen LogP contribution in [0.15, 0.2) is 12.3 Å². The Bertz CT molecular complexity index is 290. The number of carbonyl (C=O) groups is 1. The average Bonchev–Trinajstić information content (AvgIpc) is 2.45. The lowest BCUT2D eigenvalue weighted by Gasteiger charge is -2.15. The van der Waals surface area contributed by atoms with Gasteiger partial charge >= 0.3 is 0 Å². The van der Waals surface area contributed by atoms with Crippen molar-refractivity contribution in [3.63, 3.8) is 0 Å². The van der Waals surface area contributed by atoms with Crippen molar-refractivity contribution in [3.05, 3.63) is 23.5 Å². The van der Waals surface area contributed by atoms with Crippen LogP contribution in [0.4, 0.5) is 0 Å². The minimum atomic E-state index is -0.779. The van der Waals surface area contributed by atoms with Crippen LogP contribution in [-0.4, -0.2) is 22.0 Å². The molecule has 1 aliphatic carbocycles. The minimum absolute atomic E-state index is 0.146. The predicted octanol–water partition coefficient (Wildman–Crippen LogP) is 0.504. The number of hydrogen-bond donors (Lipinski definition) is 2. The van der Waals surface area contributed by atoms with E-state index in [1.54, 1.807) is 12.3 Å². The van der Waals surface area contributed by atoms with Crippen molar-refractivity contribution in [2.45, 2.75) is 18.9 Å². The van der Waals surface area contributed by atoms with Gasteiger partial charge in [0.2, 0.25) is 0 Å². The summed E-state index contributed by atoms with van der Waals surface area (Å²) in [5.41, 5.74) is 1.61. The fourth-order valence-corrected chi connectivity index (χ4v) is 1.43. The number of rotatable bonds is 0. The summed E-state index contributed by atoms with van der Waals surface area (Å²) >= 11 is 0. The van der Waals surface area contributed by atoms with Gasteiger partial charge in [0, 0.05) is 17.5 Å². The highest BCUT2D eigenvalue weighted by Crippen LogP contribution is 2.19. The van der Waals surface area contributed by atoms with Crippen LogP contribution in [0.2, 0.25) is 0 Å². The highest BCUT2D eigenvalue weighted by atomic mass is 16.3. The molecule has 1 aromatic rings. The quantitative estimate of drug-likeness (QED) is 0.567. The Balaban J connectivity index is 2.46. The number of aryl methyl sites for hydroxylation is 1. The molecule has 0 amide bonds. The number of ketones is 1. The molecule has 1 unspecified atom stereocenters. The highest BCUT2D eigenvalue weighted by Gasteiger charge is 2.25. The highest BCUT2D eigenvalue weighted by molar-refractivity contribution is 6.01. The van der Waals surface area contributed by atoms with Crippen molar-refractivity contribution >= 4 is 5.78 Å². The Labute approximate surface area is 64.1 Å². The van der Waals surface area contributed by atoms with E-state index in [1.807, 2.05) is 0 Å². The van der Waals surface area contributed by atoms with E-state index in [1.165, 1.54) is 0 Å². The third kappa shape index (κ3) is 0.886. The van der Waals surface area contributed by atoms with Crippen LogP contribution in [0.1, 0.15) is 22.5 Å². The summed E-state index contributed by atoms with van der Waals surface area (Å²) in [7, 11) is 0. The van der Waals surface area contributed by atoms with Gasteiger partial charge in [-0.05, 0) is 18.9 Å². The van der Waals surface area contributed by atoms with Crippen molar-refractivity contribution in [1.29, 1.82) is 0 Å². The van der Waals surface area contributed by atoms with Gasteiger partial charge in [0.1, 0.15) is 6.10 Å². The van der Waals surface area contributed by atoms with Crippen LogP contribution in [0.25, 0.3) is 0 Å². The number of nitrogens with one attached hydrogen (secondary N) is 1. The lowest BCUT2D eigenvalue weighted by molar-refractivity contribution is 0.0712. The van der Waals surface area contributed by atoms with Crippen LogP contribution < -0.4 is 0 Å². The van der Waals surface area contributed by atoms with Crippen LogP contribution >= 0.6 is 0 Å². The average molecular weight is 151 g/mol. The van der Waals surface area contributed by atoms with Gasteiger partial charge in [-0.15, -0.1) is 0 Å². The summed E-state index contributed by atoms with van der Waals surface area (Å²) in [5, 5.41) is 9.18. The van der Waals surface area contributed by atoms with E-state index in [0.29, 0.717) is 12.0 Å². The van der Waals surface area contributed by atoms with Gasteiger partial charge < -0.3 is 10.1 Å². The summed E-state index contributed by atoms with van der Waals surface area (Å²) in [4.78, 5) is 14.2. The molecule has 2 rings (SSSR count). The molecule has 0 saturated carbocycles. The van der Waals surface area contributed by atoms with Crippen molar-refractivity contribution in [2.24, 2.45) is 0 Å².